The number of hydrogen-bond donors (Lipinski definition) is 2. The Balaban J connectivity index is 2.09. The van der Waals surface area contributed by atoms with E-state index in [4.69, 9.17) is 9.84 Å². The van der Waals surface area contributed by atoms with Gasteiger partial charge < -0.3 is 14.9 Å². The Bertz CT molecular complexity index is 286. The van der Waals surface area contributed by atoms with Gasteiger partial charge in [-0.3, -0.25) is 0 Å². The van der Waals surface area contributed by atoms with Gasteiger partial charge in [-0.1, -0.05) is 30.3 Å². The Morgan fingerprint density at radius 2 is 2.00 bits per heavy atom. The quantitative estimate of drug-likeness (QED) is 0.734. The third kappa shape index (κ3) is 1.80. The van der Waals surface area contributed by atoms with Crippen molar-refractivity contribution in [1.29, 1.82) is 0 Å². The van der Waals surface area contributed by atoms with Crippen LogP contribution < -0.4 is 0 Å². The standard InChI is InChI=1S/C11H14O3/c12-7-11-9(13)6-10(14-11)8-4-2-1-3-5-8/h1-5,9-13H,6-7H2/t9?,10-,11?/m1/s1. The number of aliphatic hydroxyl groups excluding tert-OH is 2. The largest absolute Gasteiger partial charge is 0.394 e. The maximum absolute atomic E-state index is 9.54. The van der Waals surface area contributed by atoms with E-state index in [0.717, 1.165) is 5.56 Å². The third-order valence-electron chi connectivity index (χ3n) is 2.58. The Morgan fingerprint density at radius 3 is 2.57 bits per heavy atom. The summed E-state index contributed by atoms with van der Waals surface area (Å²) in [6.07, 6.45) is -0.497. The van der Waals surface area contributed by atoms with Crippen LogP contribution in [0.4, 0.5) is 0 Å². The fourth-order valence-corrected chi connectivity index (χ4v) is 1.78. The highest BCUT2D eigenvalue weighted by Gasteiger charge is 2.33. The lowest BCUT2D eigenvalue weighted by molar-refractivity contribution is -0.0225. The molecule has 3 heteroatoms. The van der Waals surface area contributed by atoms with Gasteiger partial charge in [0.2, 0.25) is 0 Å². The molecule has 1 fully saturated rings. The molecule has 1 aliphatic rings. The van der Waals surface area contributed by atoms with Gasteiger partial charge in [-0.15, -0.1) is 0 Å². The van der Waals surface area contributed by atoms with Gasteiger partial charge in [0.25, 0.3) is 0 Å². The zero-order chi connectivity index (χ0) is 9.97. The lowest BCUT2D eigenvalue weighted by atomic mass is 10.1. The van der Waals surface area contributed by atoms with Crippen molar-refractivity contribution in [2.75, 3.05) is 6.61 Å². The topological polar surface area (TPSA) is 49.7 Å². The van der Waals surface area contributed by atoms with Crippen molar-refractivity contribution in [2.45, 2.75) is 24.7 Å². The van der Waals surface area contributed by atoms with Crippen LogP contribution in [0.25, 0.3) is 0 Å². The van der Waals surface area contributed by atoms with E-state index in [0.29, 0.717) is 6.42 Å². The molecule has 0 saturated carbocycles. The molecule has 1 aliphatic heterocycles. The normalized spacial score (nSPS) is 32.0. The summed E-state index contributed by atoms with van der Waals surface area (Å²) in [6, 6.07) is 9.77. The van der Waals surface area contributed by atoms with E-state index in [1.807, 2.05) is 30.3 Å². The highest BCUT2D eigenvalue weighted by molar-refractivity contribution is 5.18. The van der Waals surface area contributed by atoms with Gasteiger partial charge in [0, 0.05) is 6.42 Å². The van der Waals surface area contributed by atoms with E-state index in [2.05, 4.69) is 0 Å². The van der Waals surface area contributed by atoms with Gasteiger partial charge in [-0.25, -0.2) is 0 Å². The number of hydrogen-bond acceptors (Lipinski definition) is 3. The number of rotatable bonds is 2. The lowest BCUT2D eigenvalue weighted by Crippen LogP contribution is -2.24. The zero-order valence-electron chi connectivity index (χ0n) is 7.84. The third-order valence-corrected chi connectivity index (χ3v) is 2.58. The smallest absolute Gasteiger partial charge is 0.107 e. The summed E-state index contributed by atoms with van der Waals surface area (Å²) >= 11 is 0. The van der Waals surface area contributed by atoms with Gasteiger partial charge in [0.05, 0.1) is 18.8 Å². The molecule has 76 valence electrons. The highest BCUT2D eigenvalue weighted by atomic mass is 16.5. The van der Waals surface area contributed by atoms with Crippen molar-refractivity contribution in [1.82, 2.24) is 0 Å². The molecular weight excluding hydrogens is 180 g/mol. The van der Waals surface area contributed by atoms with E-state index in [-0.39, 0.29) is 12.7 Å². The zero-order valence-corrected chi connectivity index (χ0v) is 7.84. The van der Waals surface area contributed by atoms with Crippen molar-refractivity contribution in [2.24, 2.45) is 0 Å². The van der Waals surface area contributed by atoms with Crippen LogP contribution in [0, 0.1) is 0 Å². The van der Waals surface area contributed by atoms with Gasteiger partial charge in [-0.2, -0.15) is 0 Å². The Kier molecular flexibility index (Phi) is 2.82. The fraction of sp³-hybridized carbons (Fsp3) is 0.455. The van der Waals surface area contributed by atoms with Crippen LogP contribution in [-0.2, 0) is 4.74 Å². The van der Waals surface area contributed by atoms with Gasteiger partial charge >= 0.3 is 0 Å². The summed E-state index contributed by atoms with van der Waals surface area (Å²) in [7, 11) is 0. The molecule has 0 bridgehead atoms. The Morgan fingerprint density at radius 1 is 1.29 bits per heavy atom. The fourth-order valence-electron chi connectivity index (χ4n) is 1.78. The second-order valence-electron chi connectivity index (χ2n) is 3.56. The van der Waals surface area contributed by atoms with Crippen LogP contribution in [0.3, 0.4) is 0 Å². The summed E-state index contributed by atoms with van der Waals surface area (Å²) < 4.78 is 5.51. The predicted octanol–water partition coefficient (Wildman–Crippen LogP) is 0.870. The first-order valence-electron chi connectivity index (χ1n) is 4.80. The summed E-state index contributed by atoms with van der Waals surface area (Å²) in [5.41, 5.74) is 1.06. The van der Waals surface area contributed by atoms with Crippen molar-refractivity contribution in [3.05, 3.63) is 35.9 Å². The van der Waals surface area contributed by atoms with Crippen molar-refractivity contribution < 1.29 is 14.9 Å². The Hall–Kier alpha value is -0.900. The molecule has 1 aromatic rings. The molecule has 2 unspecified atom stereocenters. The molecule has 3 atom stereocenters. The Labute approximate surface area is 83.0 Å². The highest BCUT2D eigenvalue weighted by Crippen LogP contribution is 2.32. The SMILES string of the molecule is OCC1O[C@@H](c2ccccc2)CC1O. The maximum Gasteiger partial charge on any atom is 0.107 e. The van der Waals surface area contributed by atoms with Crippen LogP contribution in [-0.4, -0.2) is 29.0 Å². The first-order valence-corrected chi connectivity index (χ1v) is 4.80. The molecule has 1 heterocycles. The van der Waals surface area contributed by atoms with Gasteiger partial charge in [-0.05, 0) is 5.56 Å². The molecule has 0 radical (unpaired) electrons. The van der Waals surface area contributed by atoms with Crippen LogP contribution in [0.1, 0.15) is 18.1 Å². The molecule has 3 nitrogen and oxygen atoms in total. The average Bonchev–Trinajstić information content (AvgIpc) is 2.61. The van der Waals surface area contributed by atoms with E-state index >= 15 is 0 Å². The second kappa shape index (κ2) is 4.09. The van der Waals surface area contributed by atoms with Crippen LogP contribution in [0.15, 0.2) is 30.3 Å². The molecule has 2 N–H and O–H groups in total. The minimum absolute atomic E-state index is 0.0802. The molecule has 2 rings (SSSR count). The first-order chi connectivity index (χ1) is 6.81. The summed E-state index contributed by atoms with van der Waals surface area (Å²) in [5.74, 6) is 0. The van der Waals surface area contributed by atoms with Crippen molar-refractivity contribution in [3.63, 3.8) is 0 Å². The molecule has 1 aromatic carbocycles. The lowest BCUT2D eigenvalue weighted by Gasteiger charge is -2.11. The number of aliphatic hydroxyl groups is 2. The number of ether oxygens (including phenoxy) is 1. The van der Waals surface area contributed by atoms with Crippen LogP contribution >= 0.6 is 0 Å². The summed E-state index contributed by atoms with van der Waals surface area (Å²) in [6.45, 7) is -0.121. The molecule has 14 heavy (non-hydrogen) atoms. The number of benzene rings is 1. The van der Waals surface area contributed by atoms with E-state index < -0.39 is 12.2 Å². The van der Waals surface area contributed by atoms with Gasteiger partial charge in [0.15, 0.2) is 0 Å². The molecule has 0 spiro atoms. The van der Waals surface area contributed by atoms with E-state index in [1.165, 1.54) is 0 Å². The molecular formula is C11H14O3. The molecule has 0 aliphatic carbocycles. The monoisotopic (exact) mass is 194 g/mol. The van der Waals surface area contributed by atoms with E-state index in [9.17, 15) is 5.11 Å². The summed E-state index contributed by atoms with van der Waals surface area (Å²) in [4.78, 5) is 0. The van der Waals surface area contributed by atoms with Gasteiger partial charge in [0.1, 0.15) is 6.10 Å². The minimum Gasteiger partial charge on any atom is -0.394 e. The molecule has 0 amide bonds. The molecule has 0 aromatic heterocycles. The van der Waals surface area contributed by atoms with Crippen LogP contribution in [0.5, 0.6) is 0 Å². The maximum atomic E-state index is 9.54. The predicted molar refractivity (Wildman–Crippen MR) is 51.8 cm³/mol. The first kappa shape index (κ1) is 9.65. The van der Waals surface area contributed by atoms with E-state index in [1.54, 1.807) is 0 Å². The average molecular weight is 194 g/mol. The minimum atomic E-state index is -0.551. The van der Waals surface area contributed by atoms with Crippen molar-refractivity contribution in [3.8, 4) is 0 Å². The molecule has 1 saturated heterocycles. The summed E-state index contributed by atoms with van der Waals surface area (Å²) in [5, 5.41) is 18.5. The van der Waals surface area contributed by atoms with Crippen molar-refractivity contribution >= 4 is 0 Å². The second-order valence-corrected chi connectivity index (χ2v) is 3.56. The van der Waals surface area contributed by atoms with Crippen LogP contribution in [0.2, 0.25) is 0 Å².